The third kappa shape index (κ3) is 2.72. The third-order valence-corrected chi connectivity index (χ3v) is 4.70. The molecule has 22 heavy (non-hydrogen) atoms. The highest BCUT2D eigenvalue weighted by molar-refractivity contribution is 5.88. The summed E-state index contributed by atoms with van der Waals surface area (Å²) in [5.41, 5.74) is 0.207. The molecule has 0 spiro atoms. The van der Waals surface area contributed by atoms with Crippen molar-refractivity contribution in [2.75, 3.05) is 6.54 Å². The van der Waals surface area contributed by atoms with E-state index in [1.54, 1.807) is 6.20 Å². The number of carbonyl (C=O) groups excluding carboxylic acids is 2. The Kier molecular flexibility index (Phi) is 3.89. The molecule has 0 unspecified atom stereocenters. The first kappa shape index (κ1) is 15.0. The van der Waals surface area contributed by atoms with E-state index >= 15 is 0 Å². The van der Waals surface area contributed by atoms with Gasteiger partial charge in [0.25, 0.3) is 0 Å². The van der Waals surface area contributed by atoms with Crippen molar-refractivity contribution < 1.29 is 14.3 Å². The molecule has 2 aliphatic rings. The van der Waals surface area contributed by atoms with E-state index in [1.165, 1.54) is 0 Å². The number of hydrogen-bond donors (Lipinski definition) is 0. The second-order valence-electron chi connectivity index (χ2n) is 6.63. The number of likely N-dealkylation sites (tertiary alicyclic amines) is 1. The van der Waals surface area contributed by atoms with Gasteiger partial charge in [0.15, 0.2) is 0 Å². The third-order valence-electron chi connectivity index (χ3n) is 4.70. The van der Waals surface area contributed by atoms with Gasteiger partial charge in [-0.2, -0.15) is 0 Å². The van der Waals surface area contributed by atoms with Gasteiger partial charge in [-0.1, -0.05) is 6.07 Å². The van der Waals surface area contributed by atoms with E-state index in [-0.39, 0.29) is 24.3 Å². The zero-order valence-electron chi connectivity index (χ0n) is 13.1. The lowest BCUT2D eigenvalue weighted by atomic mass is 9.87. The maximum atomic E-state index is 13.0. The summed E-state index contributed by atoms with van der Waals surface area (Å²) in [5.74, 6) is -0.662. The molecule has 5 nitrogen and oxygen atoms in total. The fourth-order valence-corrected chi connectivity index (χ4v) is 3.48. The van der Waals surface area contributed by atoms with Crippen molar-refractivity contribution in [3.63, 3.8) is 0 Å². The van der Waals surface area contributed by atoms with Crippen molar-refractivity contribution in [1.82, 2.24) is 9.88 Å². The molecule has 2 atom stereocenters. The molecule has 0 aromatic carbocycles. The minimum absolute atomic E-state index is 0.00829. The summed E-state index contributed by atoms with van der Waals surface area (Å²) < 4.78 is 5.31. The molecule has 3 rings (SSSR count). The van der Waals surface area contributed by atoms with Crippen molar-refractivity contribution in [3.05, 3.63) is 30.1 Å². The second kappa shape index (κ2) is 5.71. The van der Waals surface area contributed by atoms with Gasteiger partial charge in [0.1, 0.15) is 5.60 Å². The molecule has 118 valence electrons. The zero-order valence-corrected chi connectivity index (χ0v) is 13.1. The van der Waals surface area contributed by atoms with Crippen LogP contribution < -0.4 is 0 Å². The molecule has 5 heteroatoms. The second-order valence-corrected chi connectivity index (χ2v) is 6.63. The number of carbonyl (C=O) groups is 2. The standard InChI is InChI=1S/C17H22N2O3/c1-17(2)12(11-15(20)22-17)16(21)19-10-6-4-8-14(19)13-7-3-5-9-18-13/h3,5,7,9,12,14H,4,6,8,10-11H2,1-2H3/t12-,14-/m0/s1. The largest absolute Gasteiger partial charge is 0.459 e. The van der Waals surface area contributed by atoms with Crippen LogP contribution in [0.25, 0.3) is 0 Å². The van der Waals surface area contributed by atoms with Gasteiger partial charge < -0.3 is 9.64 Å². The first-order chi connectivity index (χ1) is 10.5. The van der Waals surface area contributed by atoms with E-state index in [2.05, 4.69) is 4.98 Å². The lowest BCUT2D eigenvalue weighted by Gasteiger charge is -2.38. The molecule has 0 aliphatic carbocycles. The van der Waals surface area contributed by atoms with Crippen molar-refractivity contribution in [2.24, 2.45) is 5.92 Å². The molecule has 1 aromatic rings. The van der Waals surface area contributed by atoms with E-state index in [1.807, 2.05) is 36.9 Å². The summed E-state index contributed by atoms with van der Waals surface area (Å²) in [7, 11) is 0. The fraction of sp³-hybridized carbons (Fsp3) is 0.588. The molecule has 2 saturated heterocycles. The normalized spacial score (nSPS) is 27.5. The number of amides is 1. The van der Waals surface area contributed by atoms with Gasteiger partial charge in [-0.25, -0.2) is 0 Å². The highest BCUT2D eigenvalue weighted by atomic mass is 16.6. The molecular weight excluding hydrogens is 280 g/mol. The van der Waals surface area contributed by atoms with Gasteiger partial charge in [-0.15, -0.1) is 0 Å². The molecule has 0 bridgehead atoms. The summed E-state index contributed by atoms with van der Waals surface area (Å²) in [5, 5.41) is 0. The fourth-order valence-electron chi connectivity index (χ4n) is 3.48. The van der Waals surface area contributed by atoms with Crippen molar-refractivity contribution in [1.29, 1.82) is 0 Å². The number of aromatic nitrogens is 1. The lowest BCUT2D eigenvalue weighted by molar-refractivity contribution is -0.150. The predicted molar refractivity (Wildman–Crippen MR) is 80.8 cm³/mol. The Labute approximate surface area is 130 Å². The number of piperidine rings is 1. The Bertz CT molecular complexity index is 571. The van der Waals surface area contributed by atoms with Crippen LogP contribution in [0.3, 0.4) is 0 Å². The summed E-state index contributed by atoms with van der Waals surface area (Å²) in [6.45, 7) is 4.36. The lowest BCUT2D eigenvalue weighted by Crippen LogP contribution is -2.46. The van der Waals surface area contributed by atoms with Crippen LogP contribution in [0.2, 0.25) is 0 Å². The minimum atomic E-state index is -0.722. The summed E-state index contributed by atoms with van der Waals surface area (Å²) in [4.78, 5) is 30.9. The zero-order chi connectivity index (χ0) is 15.7. The highest BCUT2D eigenvalue weighted by Gasteiger charge is 2.48. The van der Waals surface area contributed by atoms with E-state index in [9.17, 15) is 9.59 Å². The van der Waals surface area contributed by atoms with Crippen LogP contribution in [0.15, 0.2) is 24.4 Å². The van der Waals surface area contributed by atoms with Gasteiger partial charge in [0.05, 0.1) is 24.1 Å². The average molecular weight is 302 g/mol. The first-order valence-corrected chi connectivity index (χ1v) is 7.92. The maximum absolute atomic E-state index is 13.0. The van der Waals surface area contributed by atoms with Gasteiger partial charge >= 0.3 is 5.97 Å². The molecule has 3 heterocycles. The first-order valence-electron chi connectivity index (χ1n) is 7.92. The quantitative estimate of drug-likeness (QED) is 0.788. The minimum Gasteiger partial charge on any atom is -0.459 e. The number of hydrogen-bond acceptors (Lipinski definition) is 4. The summed E-state index contributed by atoms with van der Waals surface area (Å²) in [6.07, 6.45) is 4.95. The van der Waals surface area contributed by atoms with E-state index < -0.39 is 11.5 Å². The Morgan fingerprint density at radius 1 is 1.36 bits per heavy atom. The van der Waals surface area contributed by atoms with Crippen LogP contribution in [-0.2, 0) is 14.3 Å². The number of cyclic esters (lactones) is 1. The topological polar surface area (TPSA) is 59.5 Å². The van der Waals surface area contributed by atoms with Crippen molar-refractivity contribution >= 4 is 11.9 Å². The number of pyridine rings is 1. The van der Waals surface area contributed by atoms with Crippen LogP contribution in [-0.4, -0.2) is 33.9 Å². The Morgan fingerprint density at radius 3 is 2.82 bits per heavy atom. The van der Waals surface area contributed by atoms with Crippen molar-refractivity contribution in [3.8, 4) is 0 Å². The van der Waals surface area contributed by atoms with Crippen LogP contribution in [0.4, 0.5) is 0 Å². The molecule has 1 aromatic heterocycles. The SMILES string of the molecule is CC1(C)OC(=O)C[C@H]1C(=O)N1CCCC[C@H]1c1ccccn1. The Hall–Kier alpha value is -1.91. The number of nitrogens with zero attached hydrogens (tertiary/aromatic N) is 2. The van der Waals surface area contributed by atoms with Crippen LogP contribution >= 0.6 is 0 Å². The van der Waals surface area contributed by atoms with Crippen LogP contribution in [0, 0.1) is 5.92 Å². The van der Waals surface area contributed by atoms with E-state index in [0.29, 0.717) is 0 Å². The smallest absolute Gasteiger partial charge is 0.307 e. The maximum Gasteiger partial charge on any atom is 0.307 e. The molecular formula is C17H22N2O3. The van der Waals surface area contributed by atoms with Gasteiger partial charge in [0, 0.05) is 12.7 Å². The Morgan fingerprint density at radius 2 is 2.18 bits per heavy atom. The molecule has 2 fully saturated rings. The molecule has 1 amide bonds. The molecule has 2 aliphatic heterocycles. The van der Waals surface area contributed by atoms with Gasteiger partial charge in [0.2, 0.25) is 5.91 Å². The highest BCUT2D eigenvalue weighted by Crippen LogP contribution is 2.38. The van der Waals surface area contributed by atoms with Crippen LogP contribution in [0.1, 0.15) is 51.3 Å². The molecule has 0 saturated carbocycles. The van der Waals surface area contributed by atoms with Crippen molar-refractivity contribution in [2.45, 2.75) is 51.2 Å². The summed E-state index contributed by atoms with van der Waals surface area (Å²) >= 11 is 0. The predicted octanol–water partition coefficient (Wildman–Crippen LogP) is 2.48. The number of esters is 1. The summed E-state index contributed by atoms with van der Waals surface area (Å²) in [6, 6.07) is 5.81. The van der Waals surface area contributed by atoms with E-state index in [0.717, 1.165) is 31.5 Å². The molecule has 0 N–H and O–H groups in total. The molecule has 0 radical (unpaired) electrons. The monoisotopic (exact) mass is 302 g/mol. The van der Waals surface area contributed by atoms with Gasteiger partial charge in [-0.05, 0) is 45.2 Å². The number of ether oxygens (including phenoxy) is 1. The van der Waals surface area contributed by atoms with Gasteiger partial charge in [-0.3, -0.25) is 14.6 Å². The number of rotatable bonds is 2. The Balaban J connectivity index is 1.85. The van der Waals surface area contributed by atoms with E-state index in [4.69, 9.17) is 4.74 Å². The van der Waals surface area contributed by atoms with Crippen LogP contribution in [0.5, 0.6) is 0 Å². The average Bonchev–Trinajstić information content (AvgIpc) is 2.80.